The van der Waals surface area contributed by atoms with Crippen molar-refractivity contribution < 1.29 is 14.1 Å². The number of thiocarbonyl (C=S) groups is 1. The van der Waals surface area contributed by atoms with Crippen LogP contribution in [-0.4, -0.2) is 55.7 Å². The fourth-order valence-corrected chi connectivity index (χ4v) is 3.73. The summed E-state index contributed by atoms with van der Waals surface area (Å²) in [6, 6.07) is 13.4. The van der Waals surface area contributed by atoms with Gasteiger partial charge in [-0.15, -0.1) is 0 Å². The minimum atomic E-state index is -0.350. The first-order valence-corrected chi connectivity index (χ1v) is 10.0. The molecule has 0 saturated carbocycles. The third-order valence-electron chi connectivity index (χ3n) is 5.13. The summed E-state index contributed by atoms with van der Waals surface area (Å²) in [6.07, 6.45) is 3.32. The lowest BCUT2D eigenvalue weighted by atomic mass is 10.0. The van der Waals surface area contributed by atoms with E-state index < -0.39 is 0 Å². The molecule has 4 aromatic rings. The van der Waals surface area contributed by atoms with Crippen LogP contribution in [-0.2, 0) is 4.74 Å². The number of pyridine rings is 1. The fourth-order valence-electron chi connectivity index (χ4n) is 3.46. The molecule has 1 saturated heterocycles. The molecule has 1 fully saturated rings. The van der Waals surface area contributed by atoms with Crippen LogP contribution in [0.2, 0.25) is 0 Å². The first kappa shape index (κ1) is 19.2. The van der Waals surface area contributed by atoms with Crippen molar-refractivity contribution in [3.63, 3.8) is 0 Å². The van der Waals surface area contributed by atoms with E-state index in [1.165, 1.54) is 7.11 Å². The van der Waals surface area contributed by atoms with Gasteiger partial charge in [-0.1, -0.05) is 35.6 Å². The van der Waals surface area contributed by atoms with Gasteiger partial charge in [-0.3, -0.25) is 4.40 Å². The number of hydrogen-bond acceptors (Lipinski definition) is 7. The van der Waals surface area contributed by atoms with E-state index in [0.717, 1.165) is 22.6 Å². The van der Waals surface area contributed by atoms with Gasteiger partial charge in [0.1, 0.15) is 16.3 Å². The van der Waals surface area contributed by atoms with Crippen LogP contribution < -0.4 is 5.32 Å². The van der Waals surface area contributed by atoms with Crippen molar-refractivity contribution in [3.05, 3.63) is 66.4 Å². The van der Waals surface area contributed by atoms with Crippen LogP contribution in [0.15, 0.2) is 59.4 Å². The van der Waals surface area contributed by atoms with Crippen molar-refractivity contribution in [1.29, 1.82) is 0 Å². The van der Waals surface area contributed by atoms with E-state index in [-0.39, 0.29) is 12.0 Å². The average Bonchev–Trinajstić information content (AvgIpc) is 3.40. The van der Waals surface area contributed by atoms with Gasteiger partial charge in [0.2, 0.25) is 11.7 Å². The number of benzene rings is 1. The van der Waals surface area contributed by atoms with E-state index in [0.29, 0.717) is 29.8 Å². The summed E-state index contributed by atoms with van der Waals surface area (Å²) < 4.78 is 12.1. The van der Waals surface area contributed by atoms with Crippen LogP contribution in [0.1, 0.15) is 17.5 Å². The van der Waals surface area contributed by atoms with Crippen molar-refractivity contribution in [1.82, 2.24) is 24.4 Å². The molecule has 1 aliphatic rings. The van der Waals surface area contributed by atoms with Gasteiger partial charge in [0.25, 0.3) is 0 Å². The number of carbonyl (C=O) groups excluding carboxylic acids is 1. The first-order chi connectivity index (χ1) is 15.1. The van der Waals surface area contributed by atoms with Crippen LogP contribution in [0, 0.1) is 0 Å². The van der Waals surface area contributed by atoms with E-state index in [2.05, 4.69) is 20.4 Å². The number of nitrogens with zero attached hydrogens (tertiary/aromatic N) is 5. The Bertz CT molecular complexity index is 1280. The predicted octanol–water partition coefficient (Wildman–Crippen LogP) is 3.34. The molecule has 1 aliphatic heterocycles. The molecule has 0 spiro atoms. The molecule has 0 bridgehead atoms. The van der Waals surface area contributed by atoms with E-state index in [1.807, 2.05) is 53.1 Å². The van der Waals surface area contributed by atoms with E-state index in [4.69, 9.17) is 21.5 Å². The minimum Gasteiger partial charge on any atom is -0.453 e. The van der Waals surface area contributed by atoms with Crippen LogP contribution in [0.25, 0.3) is 17.0 Å². The maximum Gasteiger partial charge on any atom is 0.409 e. The van der Waals surface area contributed by atoms with Crippen molar-refractivity contribution in [2.24, 2.45) is 0 Å². The number of methoxy groups -OCH3 is 1. The van der Waals surface area contributed by atoms with Crippen LogP contribution in [0.4, 0.5) is 10.5 Å². The molecule has 0 atom stereocenters. The Morgan fingerprint density at radius 2 is 2.13 bits per heavy atom. The van der Waals surface area contributed by atoms with Crippen molar-refractivity contribution >= 4 is 34.6 Å². The smallest absolute Gasteiger partial charge is 0.409 e. The number of amides is 1. The van der Waals surface area contributed by atoms with Gasteiger partial charge in [-0.05, 0) is 24.3 Å². The fraction of sp³-hybridized carbons (Fsp3) is 0.190. The number of hydrogen-bond donors (Lipinski definition) is 1. The van der Waals surface area contributed by atoms with Crippen molar-refractivity contribution in [2.75, 3.05) is 25.5 Å². The monoisotopic (exact) mass is 434 g/mol. The van der Waals surface area contributed by atoms with Gasteiger partial charge in [0.05, 0.1) is 19.2 Å². The van der Waals surface area contributed by atoms with Gasteiger partial charge in [-0.25, -0.2) is 9.78 Å². The molecular formula is C21H18N6O3S. The van der Waals surface area contributed by atoms with Gasteiger partial charge < -0.3 is 19.5 Å². The molecule has 1 amide bonds. The zero-order valence-corrected chi connectivity index (χ0v) is 17.4. The Morgan fingerprint density at radius 3 is 2.97 bits per heavy atom. The number of anilines is 1. The second kappa shape index (κ2) is 7.80. The van der Waals surface area contributed by atoms with Gasteiger partial charge in [-0.2, -0.15) is 4.98 Å². The molecule has 0 unspecified atom stereocenters. The summed E-state index contributed by atoms with van der Waals surface area (Å²) in [7, 11) is 1.36. The zero-order valence-electron chi connectivity index (χ0n) is 16.6. The molecule has 10 heteroatoms. The largest absolute Gasteiger partial charge is 0.453 e. The Hall–Kier alpha value is -3.79. The third-order valence-corrected chi connectivity index (χ3v) is 5.44. The lowest BCUT2D eigenvalue weighted by Gasteiger charge is -2.35. The summed E-state index contributed by atoms with van der Waals surface area (Å²) in [5, 5.41) is 7.34. The maximum absolute atomic E-state index is 11.5. The Morgan fingerprint density at radius 1 is 1.26 bits per heavy atom. The van der Waals surface area contributed by atoms with Gasteiger partial charge >= 0.3 is 6.09 Å². The molecule has 9 nitrogen and oxygen atoms in total. The maximum atomic E-state index is 11.5. The number of fused-ring (bicyclic) bond motifs is 1. The van der Waals surface area contributed by atoms with E-state index in [1.54, 1.807) is 11.1 Å². The molecule has 0 radical (unpaired) electrons. The third kappa shape index (κ3) is 3.61. The number of imidazole rings is 1. The molecule has 5 rings (SSSR count). The van der Waals surface area contributed by atoms with Crippen LogP contribution in [0.3, 0.4) is 0 Å². The quantitative estimate of drug-likeness (QED) is 0.489. The van der Waals surface area contributed by atoms with Crippen molar-refractivity contribution in [3.8, 4) is 11.4 Å². The Labute approximate surface area is 182 Å². The molecule has 3 aromatic heterocycles. The van der Waals surface area contributed by atoms with Gasteiger partial charge in [0.15, 0.2) is 0 Å². The molecule has 0 aliphatic carbocycles. The van der Waals surface area contributed by atoms with Crippen LogP contribution in [0.5, 0.6) is 0 Å². The lowest BCUT2D eigenvalue weighted by molar-refractivity contribution is 0.0804. The summed E-state index contributed by atoms with van der Waals surface area (Å²) >= 11 is 5.58. The molecule has 156 valence electrons. The predicted molar refractivity (Wildman–Crippen MR) is 117 cm³/mol. The number of rotatable bonds is 4. The molecule has 31 heavy (non-hydrogen) atoms. The number of likely N-dealkylation sites (tertiary alicyclic amines) is 1. The minimum absolute atomic E-state index is 0.0179. The standard InChI is InChI=1S/C21H18N6O3S/c1-29-21(28)26-11-14(12-26)19-24-18(25-30-19)13-5-4-6-15(9-13)23-20(31)16-10-22-17-7-2-3-8-27(16)17/h2-10,14H,11-12H2,1H3,(H,23,31). The second-order valence-electron chi connectivity index (χ2n) is 7.14. The molecular weight excluding hydrogens is 416 g/mol. The summed E-state index contributed by atoms with van der Waals surface area (Å²) in [4.78, 5) is 22.5. The average molecular weight is 434 g/mol. The number of nitrogens with one attached hydrogen (secondary N) is 1. The first-order valence-electron chi connectivity index (χ1n) is 9.63. The highest BCUT2D eigenvalue weighted by Gasteiger charge is 2.36. The topological polar surface area (TPSA) is 97.8 Å². The molecule has 1 aromatic carbocycles. The Kier molecular flexibility index (Phi) is 4.83. The molecule has 4 heterocycles. The number of aromatic nitrogens is 4. The molecule has 1 N–H and O–H groups in total. The van der Waals surface area contributed by atoms with Crippen molar-refractivity contribution in [2.45, 2.75) is 5.92 Å². The summed E-state index contributed by atoms with van der Waals surface area (Å²) in [5.41, 5.74) is 3.24. The highest BCUT2D eigenvalue weighted by molar-refractivity contribution is 7.81. The van der Waals surface area contributed by atoms with E-state index in [9.17, 15) is 4.79 Å². The summed E-state index contributed by atoms with van der Waals surface area (Å²) in [5.74, 6) is 1.01. The van der Waals surface area contributed by atoms with E-state index >= 15 is 0 Å². The normalized spacial score (nSPS) is 13.8. The van der Waals surface area contributed by atoms with Crippen LogP contribution >= 0.6 is 12.2 Å². The Balaban J connectivity index is 1.30. The SMILES string of the molecule is COC(=O)N1CC(c2nc(-c3cccc(NC(=S)c4cnc5ccccn45)c3)no2)C1. The van der Waals surface area contributed by atoms with Gasteiger partial charge in [0, 0.05) is 30.5 Å². The number of ether oxygens (including phenoxy) is 1. The lowest BCUT2D eigenvalue weighted by Crippen LogP contribution is -2.48. The zero-order chi connectivity index (χ0) is 21.4. The summed E-state index contributed by atoms with van der Waals surface area (Å²) in [6.45, 7) is 1.01. The second-order valence-corrected chi connectivity index (χ2v) is 7.54. The number of carbonyl (C=O) groups is 1. The highest BCUT2D eigenvalue weighted by Crippen LogP contribution is 2.28. The highest BCUT2D eigenvalue weighted by atomic mass is 32.1.